The topological polar surface area (TPSA) is 72.7 Å². The molecule has 15 heavy (non-hydrogen) atoms. The Morgan fingerprint density at radius 2 is 2.20 bits per heavy atom. The Morgan fingerprint density at radius 1 is 1.60 bits per heavy atom. The second kappa shape index (κ2) is 4.26. The van der Waals surface area contributed by atoms with Crippen LogP contribution in [0.25, 0.3) is 0 Å². The standard InChI is InChI=1S/C8H10N2O4S/c1-9(2)7-5(10(12)13)4-6(15-7)8(11)14-3/h4H,1-3H3. The Balaban J connectivity index is 3.21. The monoisotopic (exact) mass is 230 g/mol. The minimum atomic E-state index is -0.559. The van der Waals surface area contributed by atoms with Crippen LogP contribution in [0.3, 0.4) is 0 Å². The van der Waals surface area contributed by atoms with Gasteiger partial charge in [0.25, 0.3) is 0 Å². The summed E-state index contributed by atoms with van der Waals surface area (Å²) in [5, 5.41) is 11.1. The average molecular weight is 230 g/mol. The molecule has 82 valence electrons. The van der Waals surface area contributed by atoms with Gasteiger partial charge in [0, 0.05) is 20.2 Å². The maximum Gasteiger partial charge on any atom is 0.348 e. The fourth-order valence-corrected chi connectivity index (χ4v) is 1.99. The van der Waals surface area contributed by atoms with Crippen molar-refractivity contribution in [2.24, 2.45) is 0 Å². The summed E-state index contributed by atoms with van der Waals surface area (Å²) in [4.78, 5) is 23.2. The van der Waals surface area contributed by atoms with Crippen molar-refractivity contribution in [2.75, 3.05) is 26.1 Å². The van der Waals surface area contributed by atoms with Crippen molar-refractivity contribution in [3.63, 3.8) is 0 Å². The number of carbonyl (C=O) groups excluding carboxylic acids is 1. The van der Waals surface area contributed by atoms with Gasteiger partial charge in [0.15, 0.2) is 5.00 Å². The van der Waals surface area contributed by atoms with Gasteiger partial charge >= 0.3 is 11.7 Å². The van der Waals surface area contributed by atoms with Crippen LogP contribution in [0.5, 0.6) is 0 Å². The van der Waals surface area contributed by atoms with Gasteiger partial charge in [-0.25, -0.2) is 4.79 Å². The molecule has 0 N–H and O–H groups in total. The Labute approximate surface area is 90.2 Å². The molecule has 1 aromatic rings. The molecule has 0 saturated carbocycles. The summed E-state index contributed by atoms with van der Waals surface area (Å²) < 4.78 is 4.49. The second-order valence-electron chi connectivity index (χ2n) is 2.94. The first-order valence-corrected chi connectivity index (χ1v) is 4.83. The van der Waals surface area contributed by atoms with Gasteiger partial charge in [-0.3, -0.25) is 10.1 Å². The largest absolute Gasteiger partial charge is 0.465 e. The van der Waals surface area contributed by atoms with E-state index in [1.807, 2.05) is 0 Å². The number of rotatable bonds is 3. The summed E-state index contributed by atoms with van der Waals surface area (Å²) in [6, 6.07) is 1.23. The highest BCUT2D eigenvalue weighted by molar-refractivity contribution is 7.18. The van der Waals surface area contributed by atoms with Gasteiger partial charge in [-0.1, -0.05) is 0 Å². The molecule has 0 aliphatic heterocycles. The van der Waals surface area contributed by atoms with Gasteiger partial charge < -0.3 is 9.64 Å². The summed E-state index contributed by atoms with van der Waals surface area (Å²) in [7, 11) is 4.60. The summed E-state index contributed by atoms with van der Waals surface area (Å²) in [5.74, 6) is -0.559. The van der Waals surface area contributed by atoms with E-state index >= 15 is 0 Å². The molecule has 0 aromatic carbocycles. The van der Waals surface area contributed by atoms with Gasteiger partial charge in [-0.2, -0.15) is 0 Å². The smallest absolute Gasteiger partial charge is 0.348 e. The molecule has 0 atom stereocenters. The molecule has 0 unspecified atom stereocenters. The number of nitrogens with zero attached hydrogens (tertiary/aromatic N) is 2. The van der Waals surface area contributed by atoms with Crippen molar-refractivity contribution in [1.82, 2.24) is 0 Å². The lowest BCUT2D eigenvalue weighted by Gasteiger charge is -2.07. The quantitative estimate of drug-likeness (QED) is 0.447. The molecule has 0 aliphatic carbocycles. The molecule has 1 aromatic heterocycles. The summed E-state index contributed by atoms with van der Waals surface area (Å²) in [5.41, 5.74) is -0.0783. The normalized spacial score (nSPS) is 9.80. The van der Waals surface area contributed by atoms with E-state index in [2.05, 4.69) is 4.74 Å². The van der Waals surface area contributed by atoms with Crippen molar-refractivity contribution in [1.29, 1.82) is 0 Å². The van der Waals surface area contributed by atoms with Crippen LogP contribution < -0.4 is 4.90 Å². The minimum Gasteiger partial charge on any atom is -0.465 e. The fraction of sp³-hybridized carbons (Fsp3) is 0.375. The van der Waals surface area contributed by atoms with Crippen molar-refractivity contribution in [3.05, 3.63) is 21.1 Å². The van der Waals surface area contributed by atoms with Crippen LogP contribution in [-0.4, -0.2) is 32.1 Å². The highest BCUT2D eigenvalue weighted by Gasteiger charge is 2.23. The second-order valence-corrected chi connectivity index (χ2v) is 3.97. The first-order chi connectivity index (χ1) is 6.97. The lowest BCUT2D eigenvalue weighted by Crippen LogP contribution is -2.08. The van der Waals surface area contributed by atoms with Crippen molar-refractivity contribution in [2.45, 2.75) is 0 Å². The van der Waals surface area contributed by atoms with E-state index in [9.17, 15) is 14.9 Å². The molecule has 0 saturated heterocycles. The molecule has 6 nitrogen and oxygen atoms in total. The van der Waals surface area contributed by atoms with Crippen molar-refractivity contribution in [3.8, 4) is 0 Å². The zero-order valence-electron chi connectivity index (χ0n) is 8.51. The Bertz CT molecular complexity index is 399. The van der Waals surface area contributed by atoms with Crippen LogP contribution in [0.1, 0.15) is 9.67 Å². The number of hydrogen-bond donors (Lipinski definition) is 0. The number of nitro groups is 1. The Kier molecular flexibility index (Phi) is 3.25. The molecule has 0 radical (unpaired) electrons. The number of carbonyl (C=O) groups is 1. The SMILES string of the molecule is COC(=O)c1cc([N+](=O)[O-])c(N(C)C)s1. The Hall–Kier alpha value is -1.63. The van der Waals surface area contributed by atoms with E-state index in [1.54, 1.807) is 19.0 Å². The third-order valence-corrected chi connectivity index (χ3v) is 2.96. The van der Waals surface area contributed by atoms with Gasteiger partial charge in [0.2, 0.25) is 0 Å². The summed E-state index contributed by atoms with van der Waals surface area (Å²) in [6.07, 6.45) is 0. The first-order valence-electron chi connectivity index (χ1n) is 4.01. The van der Waals surface area contributed by atoms with Gasteiger partial charge in [0.1, 0.15) is 4.88 Å². The van der Waals surface area contributed by atoms with Crippen LogP contribution in [0, 0.1) is 10.1 Å². The Morgan fingerprint density at radius 3 is 2.53 bits per heavy atom. The van der Waals surface area contributed by atoms with Crippen LogP contribution in [0.2, 0.25) is 0 Å². The third-order valence-electron chi connectivity index (χ3n) is 1.68. The maximum absolute atomic E-state index is 11.2. The minimum absolute atomic E-state index is 0.0783. The summed E-state index contributed by atoms with van der Waals surface area (Å²) >= 11 is 1.04. The molecule has 1 heterocycles. The van der Waals surface area contributed by atoms with E-state index in [0.717, 1.165) is 11.3 Å². The summed E-state index contributed by atoms with van der Waals surface area (Å²) in [6.45, 7) is 0. The molecular weight excluding hydrogens is 220 g/mol. The zero-order valence-corrected chi connectivity index (χ0v) is 9.33. The predicted octanol–water partition coefficient (Wildman–Crippen LogP) is 1.51. The highest BCUT2D eigenvalue weighted by Crippen LogP contribution is 2.36. The van der Waals surface area contributed by atoms with Gasteiger partial charge in [-0.15, -0.1) is 11.3 Å². The van der Waals surface area contributed by atoms with E-state index < -0.39 is 10.9 Å². The number of esters is 1. The lowest BCUT2D eigenvalue weighted by atomic mass is 10.4. The van der Waals surface area contributed by atoms with Crippen LogP contribution >= 0.6 is 11.3 Å². The van der Waals surface area contributed by atoms with Gasteiger partial charge in [-0.05, 0) is 0 Å². The van der Waals surface area contributed by atoms with E-state index in [-0.39, 0.29) is 10.6 Å². The van der Waals surface area contributed by atoms with Crippen molar-refractivity contribution >= 4 is 28.0 Å². The average Bonchev–Trinajstić information content (AvgIpc) is 2.61. The zero-order chi connectivity index (χ0) is 11.6. The molecule has 0 fully saturated rings. The molecule has 0 amide bonds. The number of thiophene rings is 1. The highest BCUT2D eigenvalue weighted by atomic mass is 32.1. The van der Waals surface area contributed by atoms with Crippen LogP contribution in [-0.2, 0) is 4.74 Å². The van der Waals surface area contributed by atoms with E-state index in [4.69, 9.17) is 0 Å². The molecule has 0 aliphatic rings. The number of methoxy groups -OCH3 is 1. The van der Waals surface area contributed by atoms with Gasteiger partial charge in [0.05, 0.1) is 12.0 Å². The van der Waals surface area contributed by atoms with Crippen molar-refractivity contribution < 1.29 is 14.5 Å². The molecule has 1 rings (SSSR count). The molecule has 0 spiro atoms. The van der Waals surface area contributed by atoms with Crippen LogP contribution in [0.15, 0.2) is 6.07 Å². The third kappa shape index (κ3) is 2.24. The molecular formula is C8H10N2O4S. The number of anilines is 1. The number of hydrogen-bond acceptors (Lipinski definition) is 6. The fourth-order valence-electron chi connectivity index (χ4n) is 1.02. The van der Waals surface area contributed by atoms with E-state index in [0.29, 0.717) is 5.00 Å². The van der Waals surface area contributed by atoms with Crippen LogP contribution in [0.4, 0.5) is 10.7 Å². The molecule has 0 bridgehead atoms. The van der Waals surface area contributed by atoms with E-state index in [1.165, 1.54) is 13.2 Å². The molecule has 7 heteroatoms. The predicted molar refractivity (Wildman–Crippen MR) is 56.6 cm³/mol. The first kappa shape index (κ1) is 11.4. The maximum atomic E-state index is 11.2. The lowest BCUT2D eigenvalue weighted by molar-refractivity contribution is -0.383. The number of ether oxygens (including phenoxy) is 1.